The molecule has 4 heteroatoms. The van der Waals surface area contributed by atoms with Crippen molar-refractivity contribution < 1.29 is 4.79 Å². The van der Waals surface area contributed by atoms with Crippen molar-refractivity contribution in [1.29, 1.82) is 0 Å². The van der Waals surface area contributed by atoms with Crippen LogP contribution in [0.15, 0.2) is 4.47 Å². The molecule has 2 unspecified atom stereocenters. The van der Waals surface area contributed by atoms with Gasteiger partial charge in [0.05, 0.1) is 15.9 Å². The van der Waals surface area contributed by atoms with Crippen LogP contribution in [0.2, 0.25) is 0 Å². The van der Waals surface area contributed by atoms with Gasteiger partial charge in [-0.2, -0.15) is 5.10 Å². The lowest BCUT2D eigenvalue weighted by molar-refractivity contribution is -0.122. The Morgan fingerprint density at radius 2 is 2.24 bits per heavy atom. The number of aryl methyl sites for hydroxylation is 2. The average Bonchev–Trinajstić information content (AvgIpc) is 2.79. The number of rotatable bonds is 3. The highest BCUT2D eigenvalue weighted by atomic mass is 79.9. The first-order valence-electron chi connectivity index (χ1n) is 6.19. The number of hydrogen-bond acceptors (Lipinski definition) is 2. The molecule has 1 heterocycles. The molecule has 1 saturated carbocycles. The maximum atomic E-state index is 12.2. The third-order valence-corrected chi connectivity index (χ3v) is 4.78. The minimum absolute atomic E-state index is 0.270. The monoisotopic (exact) mass is 298 g/mol. The maximum Gasteiger partial charge on any atom is 0.141 e. The van der Waals surface area contributed by atoms with Crippen molar-refractivity contribution >= 4 is 21.7 Å². The number of carbonyl (C=O) groups is 1. The van der Waals surface area contributed by atoms with Crippen LogP contribution in [0.1, 0.15) is 37.6 Å². The molecular formula is C13H19BrN2O. The normalized spacial score (nSPS) is 24.2. The molecule has 1 aliphatic carbocycles. The van der Waals surface area contributed by atoms with Crippen molar-refractivity contribution in [1.82, 2.24) is 9.78 Å². The summed E-state index contributed by atoms with van der Waals surface area (Å²) in [6, 6.07) is 0. The number of nitrogens with zero attached hydrogens (tertiary/aromatic N) is 2. The van der Waals surface area contributed by atoms with Gasteiger partial charge in [-0.3, -0.25) is 9.48 Å². The second-order valence-corrected chi connectivity index (χ2v) is 6.02. The SMILES string of the molecule is Cc1nn(C)c(CC(=O)C2CCC(C)C2)c1Br. The van der Waals surface area contributed by atoms with Crippen molar-refractivity contribution in [2.75, 3.05) is 0 Å². The summed E-state index contributed by atoms with van der Waals surface area (Å²) in [5.74, 6) is 1.35. The molecule has 1 aliphatic rings. The van der Waals surface area contributed by atoms with E-state index in [4.69, 9.17) is 0 Å². The van der Waals surface area contributed by atoms with Gasteiger partial charge in [0.25, 0.3) is 0 Å². The molecule has 2 rings (SSSR count). The van der Waals surface area contributed by atoms with E-state index in [1.54, 1.807) is 0 Å². The van der Waals surface area contributed by atoms with E-state index < -0.39 is 0 Å². The Kier molecular flexibility index (Phi) is 3.71. The number of Topliss-reactive ketones (excluding diaryl/α,β-unsaturated/α-hetero) is 1. The summed E-state index contributed by atoms with van der Waals surface area (Å²) in [5.41, 5.74) is 1.96. The van der Waals surface area contributed by atoms with Crippen LogP contribution in [0.4, 0.5) is 0 Å². The predicted molar refractivity (Wildman–Crippen MR) is 70.9 cm³/mol. The third-order valence-electron chi connectivity index (χ3n) is 3.75. The lowest BCUT2D eigenvalue weighted by Crippen LogP contribution is -2.16. The Morgan fingerprint density at radius 1 is 1.53 bits per heavy atom. The van der Waals surface area contributed by atoms with E-state index in [-0.39, 0.29) is 5.92 Å². The van der Waals surface area contributed by atoms with Gasteiger partial charge in [0.2, 0.25) is 0 Å². The first-order chi connectivity index (χ1) is 7.99. The van der Waals surface area contributed by atoms with Crippen LogP contribution in [0.3, 0.4) is 0 Å². The molecule has 0 saturated heterocycles. The lowest BCUT2D eigenvalue weighted by Gasteiger charge is -2.09. The Balaban J connectivity index is 2.08. The number of hydrogen-bond donors (Lipinski definition) is 0. The van der Waals surface area contributed by atoms with E-state index >= 15 is 0 Å². The zero-order valence-electron chi connectivity index (χ0n) is 10.7. The fraction of sp³-hybridized carbons (Fsp3) is 0.692. The minimum Gasteiger partial charge on any atom is -0.299 e. The zero-order valence-corrected chi connectivity index (χ0v) is 12.2. The van der Waals surface area contributed by atoms with Gasteiger partial charge in [0, 0.05) is 19.4 Å². The average molecular weight is 299 g/mol. The van der Waals surface area contributed by atoms with Crippen LogP contribution in [-0.2, 0) is 18.3 Å². The molecule has 0 spiro atoms. The molecule has 0 aliphatic heterocycles. The molecular weight excluding hydrogens is 280 g/mol. The van der Waals surface area contributed by atoms with Gasteiger partial charge >= 0.3 is 0 Å². The van der Waals surface area contributed by atoms with Gasteiger partial charge in [-0.25, -0.2) is 0 Å². The predicted octanol–water partition coefficient (Wildman–Crippen LogP) is 3.04. The first-order valence-corrected chi connectivity index (χ1v) is 6.99. The molecule has 0 radical (unpaired) electrons. The van der Waals surface area contributed by atoms with Gasteiger partial charge in [0.15, 0.2) is 0 Å². The highest BCUT2D eigenvalue weighted by molar-refractivity contribution is 9.10. The van der Waals surface area contributed by atoms with E-state index in [0.29, 0.717) is 18.1 Å². The Labute approximate surface area is 111 Å². The summed E-state index contributed by atoms with van der Waals surface area (Å²) in [5, 5.41) is 4.32. The van der Waals surface area contributed by atoms with Gasteiger partial charge in [0.1, 0.15) is 5.78 Å². The van der Waals surface area contributed by atoms with Crippen molar-refractivity contribution in [3.05, 3.63) is 15.9 Å². The van der Waals surface area contributed by atoms with Gasteiger partial charge in [-0.15, -0.1) is 0 Å². The number of carbonyl (C=O) groups excluding carboxylic acids is 1. The summed E-state index contributed by atoms with van der Waals surface area (Å²) in [7, 11) is 1.90. The highest BCUT2D eigenvalue weighted by Gasteiger charge is 2.28. The van der Waals surface area contributed by atoms with Crippen molar-refractivity contribution in [2.45, 2.75) is 39.5 Å². The molecule has 0 bridgehead atoms. The lowest BCUT2D eigenvalue weighted by atomic mass is 9.97. The Bertz CT molecular complexity index is 439. The fourth-order valence-corrected chi connectivity index (χ4v) is 3.16. The standard InChI is InChI=1S/C13H19BrN2O/c1-8-4-5-10(6-8)12(17)7-11-13(14)9(2)15-16(11)3/h8,10H,4-7H2,1-3H3. The molecule has 0 aromatic carbocycles. The molecule has 3 nitrogen and oxygen atoms in total. The molecule has 0 amide bonds. The fourth-order valence-electron chi connectivity index (χ4n) is 2.68. The van der Waals surface area contributed by atoms with E-state index in [1.807, 2.05) is 18.7 Å². The summed E-state index contributed by atoms with van der Waals surface area (Å²) in [6.45, 7) is 4.19. The van der Waals surface area contributed by atoms with E-state index in [9.17, 15) is 4.79 Å². The van der Waals surface area contributed by atoms with Crippen LogP contribution >= 0.6 is 15.9 Å². The van der Waals surface area contributed by atoms with Crippen molar-refractivity contribution in [3.8, 4) is 0 Å². The van der Waals surface area contributed by atoms with Gasteiger partial charge < -0.3 is 0 Å². The maximum absolute atomic E-state index is 12.2. The summed E-state index contributed by atoms with van der Waals surface area (Å²) >= 11 is 3.51. The molecule has 94 valence electrons. The van der Waals surface area contributed by atoms with Crippen molar-refractivity contribution in [2.24, 2.45) is 18.9 Å². The summed E-state index contributed by atoms with van der Waals surface area (Å²) in [4.78, 5) is 12.2. The largest absolute Gasteiger partial charge is 0.299 e. The number of ketones is 1. The van der Waals surface area contributed by atoms with Crippen LogP contribution in [0.5, 0.6) is 0 Å². The molecule has 1 aromatic rings. The minimum atomic E-state index is 0.270. The second kappa shape index (κ2) is 4.92. The molecule has 17 heavy (non-hydrogen) atoms. The van der Waals surface area contributed by atoms with E-state index in [1.165, 1.54) is 6.42 Å². The number of halogens is 1. The van der Waals surface area contributed by atoms with Crippen molar-refractivity contribution in [3.63, 3.8) is 0 Å². The summed E-state index contributed by atoms with van der Waals surface area (Å²) < 4.78 is 2.80. The first kappa shape index (κ1) is 12.8. The van der Waals surface area contributed by atoms with Gasteiger partial charge in [-0.05, 0) is 48.0 Å². The van der Waals surface area contributed by atoms with Crippen LogP contribution in [0, 0.1) is 18.8 Å². The van der Waals surface area contributed by atoms with E-state index in [2.05, 4.69) is 28.0 Å². The Hall–Kier alpha value is -0.640. The van der Waals surface area contributed by atoms with Crippen LogP contribution < -0.4 is 0 Å². The molecule has 2 atom stereocenters. The topological polar surface area (TPSA) is 34.9 Å². The van der Waals surface area contributed by atoms with Gasteiger partial charge in [-0.1, -0.05) is 6.92 Å². The molecule has 0 N–H and O–H groups in total. The smallest absolute Gasteiger partial charge is 0.141 e. The second-order valence-electron chi connectivity index (χ2n) is 5.23. The summed E-state index contributed by atoms with van der Waals surface area (Å²) in [6.07, 6.45) is 3.83. The third kappa shape index (κ3) is 2.62. The zero-order chi connectivity index (χ0) is 12.6. The number of aromatic nitrogens is 2. The van der Waals surface area contributed by atoms with E-state index in [0.717, 1.165) is 28.7 Å². The van der Waals surface area contributed by atoms with Crippen LogP contribution in [-0.4, -0.2) is 15.6 Å². The molecule has 1 aromatic heterocycles. The quantitative estimate of drug-likeness (QED) is 0.860. The highest BCUT2D eigenvalue weighted by Crippen LogP contribution is 2.32. The van der Waals surface area contributed by atoms with Crippen LogP contribution in [0.25, 0.3) is 0 Å². The molecule has 1 fully saturated rings. The Morgan fingerprint density at radius 3 is 2.71 bits per heavy atom.